The molecule has 0 aromatic carbocycles. The van der Waals surface area contributed by atoms with Gasteiger partial charge in [0.05, 0.1) is 18.6 Å². The molecular formula is C16H27N5O9S. The summed E-state index contributed by atoms with van der Waals surface area (Å²) in [5.74, 6) is -6.94. The second kappa shape index (κ2) is 13.4. The number of carboxylic acid groups (broad SMARTS) is 2. The van der Waals surface area contributed by atoms with Crippen LogP contribution in [0.3, 0.4) is 0 Å². The molecule has 0 rings (SSSR count). The van der Waals surface area contributed by atoms with Crippen molar-refractivity contribution in [3.8, 4) is 0 Å². The van der Waals surface area contributed by atoms with Gasteiger partial charge in [0.15, 0.2) is 0 Å². The number of nitrogens with one attached hydrogen (secondary N) is 3. The van der Waals surface area contributed by atoms with Crippen LogP contribution in [-0.2, 0) is 28.8 Å². The minimum Gasteiger partial charge on any atom is -0.481 e. The molecule has 0 saturated heterocycles. The van der Waals surface area contributed by atoms with E-state index in [4.69, 9.17) is 21.7 Å². The van der Waals surface area contributed by atoms with Crippen LogP contribution in [0, 0.1) is 0 Å². The van der Waals surface area contributed by atoms with Crippen LogP contribution in [0.15, 0.2) is 0 Å². The van der Waals surface area contributed by atoms with Gasteiger partial charge in [0.2, 0.25) is 23.6 Å². The van der Waals surface area contributed by atoms with E-state index in [0.29, 0.717) is 0 Å². The maximum absolute atomic E-state index is 12.5. The molecule has 0 aliphatic rings. The van der Waals surface area contributed by atoms with Crippen LogP contribution in [0.4, 0.5) is 0 Å². The number of rotatable bonds is 14. The standard InChI is InChI=1S/C16H27N5O9S/c1-6(22)12(21-13(26)7(17)2-3-11(24)25)15(28)19-8(4-10(18)23)14(27)20-9(5-31)16(29)30/h6-9,12,22,31H,2-5,17H2,1H3,(H2,18,23)(H,19,28)(H,20,27)(H,21,26)(H,24,25)(H,29,30). The van der Waals surface area contributed by atoms with E-state index in [2.05, 4.69) is 28.6 Å². The Kier molecular flexibility index (Phi) is 12.1. The van der Waals surface area contributed by atoms with E-state index in [9.17, 15) is 33.9 Å². The van der Waals surface area contributed by atoms with Crippen molar-refractivity contribution in [2.24, 2.45) is 11.5 Å². The summed E-state index contributed by atoms with van der Waals surface area (Å²) in [7, 11) is 0. The van der Waals surface area contributed by atoms with Gasteiger partial charge in [-0.3, -0.25) is 24.0 Å². The van der Waals surface area contributed by atoms with Gasteiger partial charge >= 0.3 is 11.9 Å². The Balaban J connectivity index is 5.33. The predicted octanol–water partition coefficient (Wildman–Crippen LogP) is -4.10. The van der Waals surface area contributed by atoms with Crippen molar-refractivity contribution in [2.75, 3.05) is 5.75 Å². The van der Waals surface area contributed by atoms with E-state index >= 15 is 0 Å². The fourth-order valence-corrected chi connectivity index (χ4v) is 2.45. The van der Waals surface area contributed by atoms with Crippen molar-refractivity contribution < 1.29 is 44.1 Å². The normalized spacial score (nSPS) is 15.5. The fourth-order valence-electron chi connectivity index (χ4n) is 2.21. The molecule has 176 valence electrons. The molecule has 0 aliphatic heterocycles. The molecule has 0 radical (unpaired) electrons. The Morgan fingerprint density at radius 1 is 0.935 bits per heavy atom. The van der Waals surface area contributed by atoms with Crippen LogP contribution in [0.1, 0.15) is 26.2 Å². The Labute approximate surface area is 182 Å². The molecule has 0 heterocycles. The summed E-state index contributed by atoms with van der Waals surface area (Å²) in [4.78, 5) is 69.8. The van der Waals surface area contributed by atoms with Crippen molar-refractivity contribution in [1.29, 1.82) is 0 Å². The molecule has 0 saturated carbocycles. The van der Waals surface area contributed by atoms with Gasteiger partial charge in [-0.25, -0.2) is 4.79 Å². The van der Waals surface area contributed by atoms with Gasteiger partial charge in [-0.2, -0.15) is 12.6 Å². The maximum atomic E-state index is 12.5. The average molecular weight is 465 g/mol. The zero-order chi connectivity index (χ0) is 24.3. The van der Waals surface area contributed by atoms with E-state index in [-0.39, 0.29) is 12.2 Å². The summed E-state index contributed by atoms with van der Waals surface area (Å²) in [6, 6.07) is -5.93. The highest BCUT2D eigenvalue weighted by atomic mass is 32.1. The van der Waals surface area contributed by atoms with Crippen LogP contribution < -0.4 is 27.4 Å². The highest BCUT2D eigenvalue weighted by Crippen LogP contribution is 2.02. The van der Waals surface area contributed by atoms with Gasteiger partial charge in [0.25, 0.3) is 0 Å². The van der Waals surface area contributed by atoms with Crippen LogP contribution in [0.5, 0.6) is 0 Å². The molecule has 0 bridgehead atoms. The first-order valence-corrected chi connectivity index (χ1v) is 9.61. The number of carboxylic acids is 2. The Morgan fingerprint density at radius 3 is 1.90 bits per heavy atom. The van der Waals surface area contributed by atoms with Gasteiger partial charge in [0, 0.05) is 12.2 Å². The lowest BCUT2D eigenvalue weighted by Crippen LogP contribution is -2.60. The number of carbonyl (C=O) groups excluding carboxylic acids is 4. The molecule has 4 amide bonds. The zero-order valence-electron chi connectivity index (χ0n) is 16.6. The largest absolute Gasteiger partial charge is 0.481 e. The van der Waals surface area contributed by atoms with Gasteiger partial charge in [-0.15, -0.1) is 0 Å². The molecular weight excluding hydrogens is 438 g/mol. The van der Waals surface area contributed by atoms with Crippen molar-refractivity contribution in [2.45, 2.75) is 56.5 Å². The summed E-state index contributed by atoms with van der Waals surface area (Å²) in [5.41, 5.74) is 10.6. The number of hydrogen-bond acceptors (Lipinski definition) is 9. The number of aliphatic hydroxyl groups excluding tert-OH is 1. The van der Waals surface area contributed by atoms with E-state index in [1.54, 1.807) is 0 Å². The van der Waals surface area contributed by atoms with Crippen molar-refractivity contribution >= 4 is 48.2 Å². The number of aliphatic carboxylic acids is 2. The lowest BCUT2D eigenvalue weighted by Gasteiger charge is -2.25. The summed E-state index contributed by atoms with van der Waals surface area (Å²) in [6.07, 6.45) is -2.81. The molecule has 14 nitrogen and oxygen atoms in total. The molecule has 0 fully saturated rings. The summed E-state index contributed by atoms with van der Waals surface area (Å²) < 4.78 is 0. The lowest BCUT2D eigenvalue weighted by molar-refractivity contribution is -0.142. The van der Waals surface area contributed by atoms with Gasteiger partial charge < -0.3 is 42.7 Å². The number of primary amides is 1. The number of hydrogen-bond donors (Lipinski definition) is 9. The topological polar surface area (TPSA) is 251 Å². The monoisotopic (exact) mass is 465 g/mol. The second-order valence-corrected chi connectivity index (χ2v) is 6.94. The zero-order valence-corrected chi connectivity index (χ0v) is 17.5. The van der Waals surface area contributed by atoms with Gasteiger partial charge in [0.1, 0.15) is 18.1 Å². The van der Waals surface area contributed by atoms with Crippen molar-refractivity contribution in [3.05, 3.63) is 0 Å². The molecule has 5 unspecified atom stereocenters. The Bertz CT molecular complexity index is 703. The molecule has 31 heavy (non-hydrogen) atoms. The molecule has 10 N–H and O–H groups in total. The number of amides is 4. The van der Waals surface area contributed by atoms with Crippen molar-refractivity contribution in [3.63, 3.8) is 0 Å². The highest BCUT2D eigenvalue weighted by molar-refractivity contribution is 7.80. The average Bonchev–Trinajstić information content (AvgIpc) is 2.66. The smallest absolute Gasteiger partial charge is 0.327 e. The predicted molar refractivity (Wildman–Crippen MR) is 108 cm³/mol. The first-order valence-electron chi connectivity index (χ1n) is 8.98. The number of carbonyl (C=O) groups is 6. The maximum Gasteiger partial charge on any atom is 0.327 e. The van der Waals surface area contributed by atoms with Crippen molar-refractivity contribution in [1.82, 2.24) is 16.0 Å². The van der Waals surface area contributed by atoms with E-state index in [1.807, 2.05) is 0 Å². The SMILES string of the molecule is CC(O)C(NC(=O)C(N)CCC(=O)O)C(=O)NC(CC(N)=O)C(=O)NC(CS)C(=O)O. The number of nitrogens with two attached hydrogens (primary N) is 2. The quantitative estimate of drug-likeness (QED) is 0.112. The molecule has 5 atom stereocenters. The van der Waals surface area contributed by atoms with E-state index in [1.165, 1.54) is 0 Å². The Morgan fingerprint density at radius 2 is 1.48 bits per heavy atom. The lowest BCUT2D eigenvalue weighted by atomic mass is 10.1. The van der Waals surface area contributed by atoms with Crippen LogP contribution in [0.2, 0.25) is 0 Å². The molecule has 0 aromatic heterocycles. The summed E-state index contributed by atoms with van der Waals surface area (Å²) in [6.45, 7) is 1.15. The molecule has 0 spiro atoms. The minimum absolute atomic E-state index is 0.234. The second-order valence-electron chi connectivity index (χ2n) is 6.58. The minimum atomic E-state index is -1.62. The highest BCUT2D eigenvalue weighted by Gasteiger charge is 2.33. The molecule has 0 aromatic rings. The third kappa shape index (κ3) is 10.6. The third-order valence-electron chi connectivity index (χ3n) is 3.90. The van der Waals surface area contributed by atoms with Crippen LogP contribution >= 0.6 is 12.6 Å². The first kappa shape index (κ1) is 28.1. The fraction of sp³-hybridized carbons (Fsp3) is 0.625. The number of aliphatic hydroxyl groups is 1. The first-order chi connectivity index (χ1) is 14.3. The summed E-state index contributed by atoms with van der Waals surface area (Å²) >= 11 is 3.78. The number of thiol groups is 1. The Hall–Kier alpha value is -2.91. The van der Waals surface area contributed by atoms with Gasteiger partial charge in [-0.05, 0) is 13.3 Å². The molecule has 15 heteroatoms. The van der Waals surface area contributed by atoms with Crippen LogP contribution in [0.25, 0.3) is 0 Å². The van der Waals surface area contributed by atoms with E-state index in [0.717, 1.165) is 6.92 Å². The summed E-state index contributed by atoms with van der Waals surface area (Å²) in [5, 5.41) is 33.8. The molecule has 0 aliphatic carbocycles. The van der Waals surface area contributed by atoms with Gasteiger partial charge in [-0.1, -0.05) is 0 Å². The third-order valence-corrected chi connectivity index (χ3v) is 4.27. The van der Waals surface area contributed by atoms with Crippen LogP contribution in [-0.4, -0.2) is 86.9 Å². The van der Waals surface area contributed by atoms with E-state index < -0.39 is 78.7 Å².